The molecule has 1 unspecified atom stereocenters. The lowest BCUT2D eigenvalue weighted by Gasteiger charge is -2.23. The van der Waals surface area contributed by atoms with E-state index in [-0.39, 0.29) is 11.9 Å². The van der Waals surface area contributed by atoms with Crippen molar-refractivity contribution in [2.24, 2.45) is 0 Å². The minimum Gasteiger partial charge on any atom is -0.312 e. The van der Waals surface area contributed by atoms with Crippen LogP contribution < -0.4 is 10.6 Å². The van der Waals surface area contributed by atoms with Crippen LogP contribution in [0.1, 0.15) is 18.4 Å². The van der Waals surface area contributed by atoms with E-state index in [1.165, 1.54) is 16.2 Å². The lowest BCUT2D eigenvalue weighted by Crippen LogP contribution is -2.45. The Labute approximate surface area is 187 Å². The molecule has 31 heavy (non-hydrogen) atoms. The monoisotopic (exact) mass is 452 g/mol. The lowest BCUT2D eigenvalue weighted by atomic mass is 10.2. The third-order valence-electron chi connectivity index (χ3n) is 4.81. The Morgan fingerprint density at radius 3 is 2.74 bits per heavy atom. The van der Waals surface area contributed by atoms with Crippen LogP contribution in [0, 0.1) is 11.3 Å². The Kier molecular flexibility index (Phi) is 6.11. The van der Waals surface area contributed by atoms with Crippen LogP contribution in [0.25, 0.3) is 10.6 Å². The second kappa shape index (κ2) is 9.12. The zero-order valence-electron chi connectivity index (χ0n) is 16.2. The summed E-state index contributed by atoms with van der Waals surface area (Å²) in [4.78, 5) is 27.0. The summed E-state index contributed by atoms with van der Waals surface area (Å²) in [7, 11) is 0. The highest BCUT2D eigenvalue weighted by atomic mass is 35.5. The number of anilines is 2. The van der Waals surface area contributed by atoms with Gasteiger partial charge in [0.25, 0.3) is 0 Å². The Morgan fingerprint density at radius 1 is 1.16 bits per heavy atom. The number of benzene rings is 2. The van der Waals surface area contributed by atoms with Crippen molar-refractivity contribution < 1.29 is 9.59 Å². The Bertz CT molecular complexity index is 1160. The maximum absolute atomic E-state index is 12.8. The number of aromatic nitrogens is 2. The molecule has 0 radical (unpaired) electrons. The van der Waals surface area contributed by atoms with E-state index in [4.69, 9.17) is 16.9 Å². The molecule has 3 amide bonds. The molecule has 2 aromatic carbocycles. The number of carbonyl (C=O) groups is 2. The van der Waals surface area contributed by atoms with Gasteiger partial charge in [-0.1, -0.05) is 41.1 Å². The van der Waals surface area contributed by atoms with Crippen LogP contribution in [-0.2, 0) is 4.79 Å². The highest BCUT2D eigenvalue weighted by Gasteiger charge is 2.34. The fraction of sp³-hybridized carbons (Fsp3) is 0.190. The molecule has 1 aliphatic heterocycles. The minimum absolute atomic E-state index is 0.308. The first kappa shape index (κ1) is 20.8. The van der Waals surface area contributed by atoms with E-state index >= 15 is 0 Å². The summed E-state index contributed by atoms with van der Waals surface area (Å²) in [5.74, 6) is -0.308. The smallest absolute Gasteiger partial charge is 0.312 e. The Morgan fingerprint density at radius 2 is 1.97 bits per heavy atom. The SMILES string of the molecule is N#Cc1cccc(NC(=O)N2CCCC2C(=O)Nc2nnc(-c3ccc(Cl)cc3)s2)c1. The first-order valence-corrected chi connectivity index (χ1v) is 10.7. The van der Waals surface area contributed by atoms with Gasteiger partial charge in [-0.25, -0.2) is 4.79 Å². The van der Waals surface area contributed by atoms with Crippen molar-refractivity contribution in [2.45, 2.75) is 18.9 Å². The van der Waals surface area contributed by atoms with Crippen LogP contribution in [0.15, 0.2) is 48.5 Å². The summed E-state index contributed by atoms with van der Waals surface area (Å²) in [6, 6.07) is 14.9. The van der Waals surface area contributed by atoms with Crippen LogP contribution in [0.3, 0.4) is 0 Å². The van der Waals surface area contributed by atoms with Gasteiger partial charge in [-0.2, -0.15) is 5.26 Å². The molecule has 0 saturated carbocycles. The second-order valence-corrected chi connectivity index (χ2v) is 8.30. The molecule has 1 fully saturated rings. The number of amides is 3. The van der Waals surface area contributed by atoms with Gasteiger partial charge in [-0.15, -0.1) is 10.2 Å². The molecular formula is C21H17ClN6O2S. The number of urea groups is 1. The first-order valence-electron chi connectivity index (χ1n) is 9.51. The molecule has 4 rings (SSSR count). The number of nitrogens with one attached hydrogen (secondary N) is 2. The highest BCUT2D eigenvalue weighted by molar-refractivity contribution is 7.18. The molecular weight excluding hydrogens is 436 g/mol. The number of halogens is 1. The molecule has 1 atom stereocenters. The quantitative estimate of drug-likeness (QED) is 0.610. The van der Waals surface area contributed by atoms with Gasteiger partial charge >= 0.3 is 6.03 Å². The maximum Gasteiger partial charge on any atom is 0.322 e. The average molecular weight is 453 g/mol. The van der Waals surface area contributed by atoms with Crippen molar-refractivity contribution in [3.05, 3.63) is 59.1 Å². The number of nitrogens with zero attached hydrogens (tertiary/aromatic N) is 4. The summed E-state index contributed by atoms with van der Waals surface area (Å²) in [6.07, 6.45) is 1.27. The average Bonchev–Trinajstić information content (AvgIpc) is 3.44. The van der Waals surface area contributed by atoms with Crippen molar-refractivity contribution in [2.75, 3.05) is 17.2 Å². The van der Waals surface area contributed by atoms with E-state index in [0.717, 1.165) is 12.0 Å². The molecule has 2 heterocycles. The van der Waals surface area contributed by atoms with E-state index in [1.54, 1.807) is 36.4 Å². The molecule has 1 saturated heterocycles. The summed E-state index contributed by atoms with van der Waals surface area (Å²) in [6.45, 7) is 0.466. The Hall–Kier alpha value is -3.48. The number of rotatable bonds is 4. The van der Waals surface area contributed by atoms with E-state index in [2.05, 4.69) is 20.8 Å². The normalized spacial score (nSPS) is 15.4. The minimum atomic E-state index is -0.609. The molecule has 1 aromatic heterocycles. The second-order valence-electron chi connectivity index (χ2n) is 6.88. The molecule has 156 valence electrons. The third kappa shape index (κ3) is 4.82. The molecule has 8 nitrogen and oxygen atoms in total. The van der Waals surface area contributed by atoms with Gasteiger partial charge in [0.1, 0.15) is 11.0 Å². The first-order chi connectivity index (χ1) is 15.0. The third-order valence-corrected chi connectivity index (χ3v) is 5.95. The van der Waals surface area contributed by atoms with Crippen molar-refractivity contribution in [3.63, 3.8) is 0 Å². The van der Waals surface area contributed by atoms with Crippen molar-refractivity contribution in [3.8, 4) is 16.6 Å². The molecule has 1 aliphatic rings. The van der Waals surface area contributed by atoms with Gasteiger partial charge in [-0.05, 0) is 43.2 Å². The Balaban J connectivity index is 1.41. The van der Waals surface area contributed by atoms with Crippen molar-refractivity contribution >= 4 is 45.7 Å². The fourth-order valence-corrected chi connectivity index (χ4v) is 4.19. The zero-order chi connectivity index (χ0) is 21.8. The largest absolute Gasteiger partial charge is 0.322 e. The van der Waals surface area contributed by atoms with Crippen LogP contribution in [0.4, 0.5) is 15.6 Å². The molecule has 2 N–H and O–H groups in total. The highest BCUT2D eigenvalue weighted by Crippen LogP contribution is 2.28. The van der Waals surface area contributed by atoms with Crippen LogP contribution in [-0.4, -0.2) is 39.6 Å². The van der Waals surface area contributed by atoms with E-state index in [0.29, 0.717) is 39.4 Å². The number of hydrogen-bond acceptors (Lipinski definition) is 6. The van der Waals surface area contributed by atoms with Crippen molar-refractivity contribution in [1.29, 1.82) is 5.26 Å². The molecule has 10 heteroatoms. The summed E-state index contributed by atoms with van der Waals surface area (Å²) in [5.41, 5.74) is 1.80. The topological polar surface area (TPSA) is 111 Å². The van der Waals surface area contributed by atoms with Gasteiger partial charge in [0.05, 0.1) is 11.6 Å². The summed E-state index contributed by atoms with van der Waals surface area (Å²) in [5, 5.41) is 24.3. The predicted octanol–water partition coefficient (Wildman–Crippen LogP) is 4.37. The summed E-state index contributed by atoms with van der Waals surface area (Å²) < 4.78 is 0. The summed E-state index contributed by atoms with van der Waals surface area (Å²) >= 11 is 7.16. The maximum atomic E-state index is 12.8. The molecule has 0 spiro atoms. The standard InChI is InChI=1S/C21H17ClN6O2S/c22-15-8-6-14(7-9-15)19-26-27-20(31-19)25-18(29)17-5-2-10-28(17)21(30)24-16-4-1-3-13(11-16)12-23/h1,3-4,6-9,11,17H,2,5,10H2,(H,24,30)(H,25,27,29). The lowest BCUT2D eigenvalue weighted by molar-refractivity contribution is -0.119. The predicted molar refractivity (Wildman–Crippen MR) is 119 cm³/mol. The molecule has 3 aromatic rings. The number of hydrogen-bond donors (Lipinski definition) is 2. The zero-order valence-corrected chi connectivity index (χ0v) is 17.8. The molecule has 0 aliphatic carbocycles. The van der Waals surface area contributed by atoms with Gasteiger partial charge < -0.3 is 10.2 Å². The van der Waals surface area contributed by atoms with E-state index < -0.39 is 6.04 Å². The fourth-order valence-electron chi connectivity index (χ4n) is 3.32. The van der Waals surface area contributed by atoms with E-state index in [1.807, 2.05) is 18.2 Å². The van der Waals surface area contributed by atoms with Crippen LogP contribution in [0.2, 0.25) is 5.02 Å². The van der Waals surface area contributed by atoms with Gasteiger partial charge in [-0.3, -0.25) is 10.1 Å². The van der Waals surface area contributed by atoms with Gasteiger partial charge in [0.2, 0.25) is 11.0 Å². The van der Waals surface area contributed by atoms with Crippen molar-refractivity contribution in [1.82, 2.24) is 15.1 Å². The van der Waals surface area contributed by atoms with Crippen LogP contribution in [0.5, 0.6) is 0 Å². The van der Waals surface area contributed by atoms with Crippen LogP contribution >= 0.6 is 22.9 Å². The van der Waals surface area contributed by atoms with Gasteiger partial charge in [0, 0.05) is 22.8 Å². The number of nitriles is 1. The van der Waals surface area contributed by atoms with E-state index in [9.17, 15) is 9.59 Å². The number of carbonyl (C=O) groups excluding carboxylic acids is 2. The molecule has 0 bridgehead atoms. The number of likely N-dealkylation sites (tertiary alicyclic amines) is 1. The van der Waals surface area contributed by atoms with Gasteiger partial charge in [0.15, 0.2) is 0 Å².